The molecule has 1 saturated heterocycles. The van der Waals surface area contributed by atoms with Gasteiger partial charge in [-0.1, -0.05) is 25.5 Å². The van der Waals surface area contributed by atoms with Crippen molar-refractivity contribution in [3.63, 3.8) is 0 Å². The Morgan fingerprint density at radius 3 is 2.46 bits per heavy atom. The summed E-state index contributed by atoms with van der Waals surface area (Å²) < 4.78 is 0. The zero-order chi connectivity index (χ0) is 19.1. The number of nitrogens with zero attached hydrogens (tertiary/aromatic N) is 2. The Bertz CT molecular complexity index is 654. The van der Waals surface area contributed by atoms with E-state index in [1.165, 1.54) is 6.92 Å². The number of rotatable bonds is 7. The third-order valence-corrected chi connectivity index (χ3v) is 4.64. The lowest BCUT2D eigenvalue weighted by Gasteiger charge is -2.37. The fraction of sp³-hybridized carbons (Fsp3) is 0.526. The maximum atomic E-state index is 12.2. The summed E-state index contributed by atoms with van der Waals surface area (Å²) in [4.78, 5) is 39.1. The van der Waals surface area contributed by atoms with Gasteiger partial charge in [0, 0.05) is 45.2 Å². The van der Waals surface area contributed by atoms with Crippen LogP contribution in [0.25, 0.3) is 0 Å². The molecule has 1 aromatic carbocycles. The zero-order valence-electron chi connectivity index (χ0n) is 15.4. The van der Waals surface area contributed by atoms with Crippen LogP contribution >= 0.6 is 0 Å². The van der Waals surface area contributed by atoms with Gasteiger partial charge in [-0.05, 0) is 24.1 Å². The second kappa shape index (κ2) is 9.33. The predicted molar refractivity (Wildman–Crippen MR) is 97.9 cm³/mol. The van der Waals surface area contributed by atoms with Crippen LogP contribution < -0.4 is 5.32 Å². The molecule has 1 unspecified atom stereocenters. The highest BCUT2D eigenvalue weighted by molar-refractivity contribution is 5.94. The van der Waals surface area contributed by atoms with Crippen LogP contribution in [0.15, 0.2) is 24.3 Å². The van der Waals surface area contributed by atoms with Crippen molar-refractivity contribution in [2.45, 2.75) is 32.7 Å². The van der Waals surface area contributed by atoms with Crippen LogP contribution in [0.2, 0.25) is 0 Å². The Morgan fingerprint density at radius 2 is 1.88 bits per heavy atom. The number of piperazine rings is 1. The van der Waals surface area contributed by atoms with Crippen molar-refractivity contribution in [2.75, 3.05) is 32.7 Å². The molecule has 1 aliphatic rings. The Kier molecular flexibility index (Phi) is 7.15. The normalized spacial score (nSPS) is 16.2. The summed E-state index contributed by atoms with van der Waals surface area (Å²) in [6.07, 6.45) is 1.90. The monoisotopic (exact) mass is 361 g/mol. The minimum Gasteiger partial charge on any atom is -0.480 e. The third kappa shape index (κ3) is 5.05. The molecule has 0 radical (unpaired) electrons. The zero-order valence-corrected chi connectivity index (χ0v) is 15.4. The highest BCUT2D eigenvalue weighted by Crippen LogP contribution is 2.23. The maximum absolute atomic E-state index is 12.2. The lowest BCUT2D eigenvalue weighted by molar-refractivity contribution is -0.145. The molecule has 2 rings (SSSR count). The standard InChI is InChI=1S/C19H27N3O4/c1-3-4-8-20-18(24)16-7-5-6-15(13-16)17(19(25)26)22-11-9-21(10-12-22)14(2)23/h5-7,13,17H,3-4,8-12H2,1-2H3,(H,20,24)(H,25,26). The summed E-state index contributed by atoms with van der Waals surface area (Å²) in [5.74, 6) is -1.14. The molecule has 1 heterocycles. The average molecular weight is 361 g/mol. The number of amides is 2. The van der Waals surface area contributed by atoms with Crippen molar-refractivity contribution >= 4 is 17.8 Å². The van der Waals surface area contributed by atoms with Crippen LogP contribution in [0.3, 0.4) is 0 Å². The minimum atomic E-state index is -0.954. The van der Waals surface area contributed by atoms with E-state index in [4.69, 9.17) is 0 Å². The molecule has 1 aliphatic heterocycles. The number of aliphatic carboxylic acids is 1. The molecule has 0 saturated carbocycles. The van der Waals surface area contributed by atoms with E-state index in [1.54, 1.807) is 29.2 Å². The first-order chi connectivity index (χ1) is 12.4. The quantitative estimate of drug-likeness (QED) is 0.719. The number of carboxylic acid groups (broad SMARTS) is 1. The van der Waals surface area contributed by atoms with Gasteiger partial charge < -0.3 is 15.3 Å². The SMILES string of the molecule is CCCCNC(=O)c1cccc(C(C(=O)O)N2CCN(C(C)=O)CC2)c1. The van der Waals surface area contributed by atoms with Gasteiger partial charge in [-0.3, -0.25) is 19.3 Å². The van der Waals surface area contributed by atoms with Crippen molar-refractivity contribution in [3.05, 3.63) is 35.4 Å². The maximum Gasteiger partial charge on any atom is 0.325 e. The number of carbonyl (C=O) groups is 3. The molecule has 2 amide bonds. The van der Waals surface area contributed by atoms with Gasteiger partial charge in [0.05, 0.1) is 0 Å². The Morgan fingerprint density at radius 1 is 1.19 bits per heavy atom. The van der Waals surface area contributed by atoms with E-state index in [-0.39, 0.29) is 11.8 Å². The van der Waals surface area contributed by atoms with E-state index < -0.39 is 12.0 Å². The van der Waals surface area contributed by atoms with Crippen molar-refractivity contribution in [1.82, 2.24) is 15.1 Å². The van der Waals surface area contributed by atoms with Gasteiger partial charge in [0.2, 0.25) is 5.91 Å². The highest BCUT2D eigenvalue weighted by Gasteiger charge is 2.31. The van der Waals surface area contributed by atoms with Gasteiger partial charge in [0.15, 0.2) is 0 Å². The van der Waals surface area contributed by atoms with Crippen molar-refractivity contribution in [2.24, 2.45) is 0 Å². The lowest BCUT2D eigenvalue weighted by atomic mass is 10.0. The van der Waals surface area contributed by atoms with Gasteiger partial charge in [0.25, 0.3) is 5.91 Å². The summed E-state index contributed by atoms with van der Waals surface area (Å²) in [5, 5.41) is 12.6. The van der Waals surface area contributed by atoms with Crippen LogP contribution in [0.4, 0.5) is 0 Å². The minimum absolute atomic E-state index is 0.00210. The summed E-state index contributed by atoms with van der Waals surface area (Å²) in [6.45, 7) is 6.18. The molecule has 0 aromatic heterocycles. The smallest absolute Gasteiger partial charge is 0.325 e. The van der Waals surface area contributed by atoms with E-state index in [0.717, 1.165) is 12.8 Å². The predicted octanol–water partition coefficient (Wildman–Crippen LogP) is 1.51. The van der Waals surface area contributed by atoms with Crippen LogP contribution in [0.1, 0.15) is 48.7 Å². The summed E-state index contributed by atoms with van der Waals surface area (Å²) in [6, 6.07) is 5.96. The second-order valence-corrected chi connectivity index (χ2v) is 6.52. The number of carboxylic acids is 1. The van der Waals surface area contributed by atoms with E-state index in [2.05, 4.69) is 12.2 Å². The molecule has 7 heteroatoms. The summed E-state index contributed by atoms with van der Waals surface area (Å²) in [7, 11) is 0. The Labute approximate surface area is 154 Å². The molecule has 2 N–H and O–H groups in total. The van der Waals surface area contributed by atoms with E-state index in [1.807, 2.05) is 4.90 Å². The van der Waals surface area contributed by atoms with Crippen LogP contribution in [-0.4, -0.2) is 65.4 Å². The molecule has 1 fully saturated rings. The molecule has 0 bridgehead atoms. The number of hydrogen-bond donors (Lipinski definition) is 2. The second-order valence-electron chi connectivity index (χ2n) is 6.52. The van der Waals surface area contributed by atoms with Gasteiger partial charge in [0.1, 0.15) is 6.04 Å². The summed E-state index contributed by atoms with van der Waals surface area (Å²) >= 11 is 0. The third-order valence-electron chi connectivity index (χ3n) is 4.64. The van der Waals surface area contributed by atoms with E-state index in [0.29, 0.717) is 43.9 Å². The molecule has 1 atom stereocenters. The number of hydrogen-bond acceptors (Lipinski definition) is 4. The number of carbonyl (C=O) groups excluding carboxylic acids is 2. The first kappa shape index (κ1) is 19.9. The van der Waals surface area contributed by atoms with Crippen molar-refractivity contribution in [1.29, 1.82) is 0 Å². The molecular formula is C19H27N3O4. The molecule has 7 nitrogen and oxygen atoms in total. The molecule has 0 spiro atoms. The molecular weight excluding hydrogens is 334 g/mol. The van der Waals surface area contributed by atoms with Crippen LogP contribution in [0.5, 0.6) is 0 Å². The van der Waals surface area contributed by atoms with Gasteiger partial charge in [-0.15, -0.1) is 0 Å². The molecule has 142 valence electrons. The van der Waals surface area contributed by atoms with Gasteiger partial charge in [-0.25, -0.2) is 0 Å². The van der Waals surface area contributed by atoms with E-state index in [9.17, 15) is 19.5 Å². The van der Waals surface area contributed by atoms with Gasteiger partial charge in [-0.2, -0.15) is 0 Å². The molecule has 0 aliphatic carbocycles. The topological polar surface area (TPSA) is 89.9 Å². The van der Waals surface area contributed by atoms with Gasteiger partial charge >= 0.3 is 5.97 Å². The highest BCUT2D eigenvalue weighted by atomic mass is 16.4. The van der Waals surface area contributed by atoms with Crippen LogP contribution in [0, 0.1) is 0 Å². The largest absolute Gasteiger partial charge is 0.480 e. The van der Waals surface area contributed by atoms with E-state index >= 15 is 0 Å². The number of nitrogens with one attached hydrogen (secondary N) is 1. The average Bonchev–Trinajstić information content (AvgIpc) is 2.62. The molecule has 1 aromatic rings. The fourth-order valence-electron chi connectivity index (χ4n) is 3.14. The van der Waals surface area contributed by atoms with Crippen LogP contribution in [-0.2, 0) is 9.59 Å². The Balaban J connectivity index is 2.13. The summed E-state index contributed by atoms with van der Waals surface area (Å²) in [5.41, 5.74) is 1.05. The van der Waals surface area contributed by atoms with Crippen molar-refractivity contribution < 1.29 is 19.5 Å². The first-order valence-electron chi connectivity index (χ1n) is 9.04. The molecule has 26 heavy (non-hydrogen) atoms. The number of benzene rings is 1. The Hall–Kier alpha value is -2.41. The fourth-order valence-corrected chi connectivity index (χ4v) is 3.14. The van der Waals surface area contributed by atoms with Crippen molar-refractivity contribution in [3.8, 4) is 0 Å². The first-order valence-corrected chi connectivity index (χ1v) is 9.04. The lowest BCUT2D eigenvalue weighted by Crippen LogP contribution is -2.50. The number of unbranched alkanes of at least 4 members (excludes halogenated alkanes) is 1.